The molecule has 0 spiro atoms. The van der Waals surface area contributed by atoms with Crippen molar-refractivity contribution in [2.24, 2.45) is 11.3 Å². The van der Waals surface area contributed by atoms with E-state index in [0.717, 1.165) is 24.8 Å². The van der Waals surface area contributed by atoms with E-state index in [0.29, 0.717) is 17.4 Å². The van der Waals surface area contributed by atoms with Crippen LogP contribution in [0.4, 0.5) is 10.5 Å². The highest BCUT2D eigenvalue weighted by atomic mass is 16.5. The number of carbonyl (C=O) groups is 2. The largest absolute Gasteiger partial charge is 0.424 e. The number of anilines is 1. The average molecular weight is 338 g/mol. The fraction of sp³-hybridized carbons (Fsp3) is 0.333. The first kappa shape index (κ1) is 15.6. The molecule has 3 aliphatic rings. The van der Waals surface area contributed by atoms with Gasteiger partial charge in [-0.05, 0) is 49.8 Å². The molecule has 0 aliphatic heterocycles. The number of amides is 3. The lowest BCUT2D eigenvalue weighted by Crippen LogP contribution is -2.61. The Labute approximate surface area is 144 Å². The summed E-state index contributed by atoms with van der Waals surface area (Å²) in [5, 5.41) is 5.11. The van der Waals surface area contributed by atoms with E-state index in [2.05, 4.69) is 20.6 Å². The number of urea groups is 1. The number of aryl methyl sites for hydroxylation is 1. The zero-order valence-corrected chi connectivity index (χ0v) is 13.8. The molecule has 3 aliphatic carbocycles. The Morgan fingerprint density at radius 3 is 2.56 bits per heavy atom. The standard InChI is InChI=1S/C18H18N4O3/c1-11-3-4-13(7-14(11)25-17-19-5-2-6-20-17)21-16(24)22-15(23)18-8-12(9-18)10-18/h2-7,12H,8-10H2,1H3,(H2,21,22,23,24). The predicted octanol–water partition coefficient (Wildman–Crippen LogP) is 3.03. The van der Waals surface area contributed by atoms with E-state index in [1.807, 2.05) is 13.0 Å². The van der Waals surface area contributed by atoms with Crippen LogP contribution in [0, 0.1) is 18.3 Å². The fourth-order valence-corrected chi connectivity index (χ4v) is 3.38. The molecule has 128 valence electrons. The molecule has 1 heterocycles. The lowest BCUT2D eigenvalue weighted by atomic mass is 9.44. The number of rotatable bonds is 4. The van der Waals surface area contributed by atoms with E-state index in [-0.39, 0.29) is 17.3 Å². The van der Waals surface area contributed by atoms with E-state index in [1.54, 1.807) is 30.6 Å². The molecule has 2 N–H and O–H groups in total. The van der Waals surface area contributed by atoms with Crippen LogP contribution in [0.5, 0.6) is 11.8 Å². The number of benzene rings is 1. The van der Waals surface area contributed by atoms with Gasteiger partial charge in [0.25, 0.3) is 0 Å². The highest BCUT2D eigenvalue weighted by Gasteiger charge is 2.61. The monoisotopic (exact) mass is 338 g/mol. The van der Waals surface area contributed by atoms with Crippen molar-refractivity contribution in [2.75, 3.05) is 5.32 Å². The highest BCUT2D eigenvalue weighted by Crippen LogP contribution is 2.64. The predicted molar refractivity (Wildman–Crippen MR) is 90.2 cm³/mol. The molecular formula is C18H18N4O3. The average Bonchev–Trinajstić information content (AvgIpc) is 2.48. The van der Waals surface area contributed by atoms with Crippen molar-refractivity contribution in [3.63, 3.8) is 0 Å². The van der Waals surface area contributed by atoms with Gasteiger partial charge < -0.3 is 10.1 Å². The molecule has 3 amide bonds. The number of aromatic nitrogens is 2. The summed E-state index contributed by atoms with van der Waals surface area (Å²) in [6.07, 6.45) is 5.90. The number of imide groups is 1. The van der Waals surface area contributed by atoms with Crippen LogP contribution >= 0.6 is 0 Å². The number of hydrogen-bond acceptors (Lipinski definition) is 5. The van der Waals surface area contributed by atoms with Crippen LogP contribution in [0.15, 0.2) is 36.7 Å². The maximum Gasteiger partial charge on any atom is 0.325 e. The van der Waals surface area contributed by atoms with Crippen LogP contribution in [-0.4, -0.2) is 21.9 Å². The van der Waals surface area contributed by atoms with Crippen molar-refractivity contribution in [1.82, 2.24) is 15.3 Å². The van der Waals surface area contributed by atoms with Gasteiger partial charge in [0.15, 0.2) is 0 Å². The minimum atomic E-state index is -0.527. The lowest BCUT2D eigenvalue weighted by molar-refractivity contribution is -0.163. The van der Waals surface area contributed by atoms with Crippen LogP contribution in [0.1, 0.15) is 24.8 Å². The van der Waals surface area contributed by atoms with Gasteiger partial charge in [0.05, 0.1) is 5.41 Å². The first-order chi connectivity index (χ1) is 12.0. The third kappa shape index (κ3) is 2.93. The Bertz CT molecular complexity index is 820. The first-order valence-electron chi connectivity index (χ1n) is 8.22. The van der Waals surface area contributed by atoms with Gasteiger partial charge in [-0.2, -0.15) is 0 Å². The molecule has 5 rings (SSSR count). The summed E-state index contributed by atoms with van der Waals surface area (Å²) >= 11 is 0. The molecule has 1 aromatic heterocycles. The summed E-state index contributed by atoms with van der Waals surface area (Å²) in [6, 6.07) is 6.64. The quantitative estimate of drug-likeness (QED) is 0.894. The third-order valence-electron chi connectivity index (χ3n) is 4.94. The molecule has 0 radical (unpaired) electrons. The molecule has 0 unspecified atom stereocenters. The van der Waals surface area contributed by atoms with Gasteiger partial charge in [-0.1, -0.05) is 6.07 Å². The van der Waals surface area contributed by atoms with E-state index < -0.39 is 6.03 Å². The van der Waals surface area contributed by atoms with Crippen LogP contribution < -0.4 is 15.4 Å². The molecule has 25 heavy (non-hydrogen) atoms. The van der Waals surface area contributed by atoms with E-state index in [9.17, 15) is 9.59 Å². The zero-order valence-electron chi connectivity index (χ0n) is 13.8. The van der Waals surface area contributed by atoms with Gasteiger partial charge >= 0.3 is 12.0 Å². The summed E-state index contributed by atoms with van der Waals surface area (Å²) < 4.78 is 5.64. The third-order valence-corrected chi connectivity index (χ3v) is 4.94. The second-order valence-electron chi connectivity index (χ2n) is 6.78. The van der Waals surface area contributed by atoms with Gasteiger partial charge in [0, 0.05) is 24.1 Å². The van der Waals surface area contributed by atoms with Gasteiger partial charge in [-0.3, -0.25) is 10.1 Å². The normalized spacial score (nSPS) is 23.0. The molecule has 1 aromatic carbocycles. The number of nitrogens with one attached hydrogen (secondary N) is 2. The van der Waals surface area contributed by atoms with Crippen LogP contribution in [0.3, 0.4) is 0 Å². The number of carbonyl (C=O) groups excluding carboxylic acids is 2. The lowest BCUT2D eigenvalue weighted by Gasteiger charge is -2.59. The Balaban J connectivity index is 1.41. The SMILES string of the molecule is Cc1ccc(NC(=O)NC(=O)C23CC(C2)C3)cc1Oc1ncccn1. The van der Waals surface area contributed by atoms with E-state index in [4.69, 9.17) is 4.74 Å². The van der Waals surface area contributed by atoms with Crippen LogP contribution in [0.25, 0.3) is 0 Å². The molecule has 3 saturated carbocycles. The first-order valence-corrected chi connectivity index (χ1v) is 8.22. The number of ether oxygens (including phenoxy) is 1. The maximum absolute atomic E-state index is 12.1. The van der Waals surface area contributed by atoms with Crippen LogP contribution in [-0.2, 0) is 4.79 Å². The minimum absolute atomic E-state index is 0.172. The number of hydrogen-bond donors (Lipinski definition) is 2. The number of nitrogens with zero attached hydrogens (tertiary/aromatic N) is 2. The van der Waals surface area contributed by atoms with Crippen molar-refractivity contribution in [2.45, 2.75) is 26.2 Å². The molecule has 7 nitrogen and oxygen atoms in total. The molecule has 2 aromatic rings. The van der Waals surface area contributed by atoms with Crippen molar-refractivity contribution in [3.8, 4) is 11.8 Å². The molecule has 0 atom stereocenters. The molecule has 7 heteroatoms. The fourth-order valence-electron chi connectivity index (χ4n) is 3.38. The Morgan fingerprint density at radius 2 is 1.92 bits per heavy atom. The Morgan fingerprint density at radius 1 is 1.20 bits per heavy atom. The van der Waals surface area contributed by atoms with Crippen molar-refractivity contribution in [3.05, 3.63) is 42.2 Å². The summed E-state index contributed by atoms with van der Waals surface area (Å²) in [5.74, 6) is 1.05. The summed E-state index contributed by atoms with van der Waals surface area (Å²) in [5.41, 5.74) is 1.12. The van der Waals surface area contributed by atoms with Gasteiger partial charge in [-0.15, -0.1) is 0 Å². The molecule has 0 saturated heterocycles. The smallest absolute Gasteiger partial charge is 0.325 e. The van der Waals surface area contributed by atoms with Crippen LogP contribution in [0.2, 0.25) is 0 Å². The summed E-state index contributed by atoms with van der Waals surface area (Å²) in [7, 11) is 0. The Kier molecular flexibility index (Phi) is 3.63. The summed E-state index contributed by atoms with van der Waals surface area (Å²) in [4.78, 5) is 32.2. The molecule has 2 bridgehead atoms. The van der Waals surface area contributed by atoms with Crippen molar-refractivity contribution in [1.29, 1.82) is 0 Å². The van der Waals surface area contributed by atoms with Gasteiger partial charge in [-0.25, -0.2) is 14.8 Å². The van der Waals surface area contributed by atoms with Gasteiger partial charge in [0.1, 0.15) is 5.75 Å². The minimum Gasteiger partial charge on any atom is -0.424 e. The summed E-state index contributed by atoms with van der Waals surface area (Å²) in [6.45, 7) is 1.88. The molecular weight excluding hydrogens is 320 g/mol. The Hall–Kier alpha value is -2.96. The van der Waals surface area contributed by atoms with Crippen molar-refractivity contribution >= 4 is 17.6 Å². The van der Waals surface area contributed by atoms with Crippen molar-refractivity contribution < 1.29 is 14.3 Å². The second-order valence-corrected chi connectivity index (χ2v) is 6.78. The zero-order chi connectivity index (χ0) is 17.4. The topological polar surface area (TPSA) is 93.2 Å². The van der Waals surface area contributed by atoms with E-state index in [1.165, 1.54) is 0 Å². The highest BCUT2D eigenvalue weighted by molar-refractivity contribution is 6.04. The maximum atomic E-state index is 12.1. The van der Waals surface area contributed by atoms with Gasteiger partial charge in [0.2, 0.25) is 5.91 Å². The molecule has 3 fully saturated rings. The second kappa shape index (κ2) is 5.84. The van der Waals surface area contributed by atoms with E-state index >= 15 is 0 Å².